The fourth-order valence-corrected chi connectivity index (χ4v) is 11.2. The number of carbonyl (C=O) groups is 2. The zero-order chi connectivity index (χ0) is 59.2. The van der Waals surface area contributed by atoms with Crippen molar-refractivity contribution in [3.05, 3.63) is 60.8 Å². The van der Waals surface area contributed by atoms with Crippen molar-refractivity contribution in [2.75, 3.05) is 13.2 Å². The van der Waals surface area contributed by atoms with Crippen molar-refractivity contribution in [3.8, 4) is 0 Å². The van der Waals surface area contributed by atoms with Crippen molar-refractivity contribution in [2.24, 2.45) is 0 Å². The zero-order valence-corrected chi connectivity index (χ0v) is 55.0. The van der Waals surface area contributed by atoms with Crippen LogP contribution in [-0.2, 0) is 14.3 Å². The Kier molecular flexibility index (Phi) is 68.9. The Morgan fingerprint density at radius 3 is 0.976 bits per heavy atom. The molecule has 1 amide bonds. The number of aliphatic hydroxyl groups excluding tert-OH is 2. The van der Waals surface area contributed by atoms with Gasteiger partial charge >= 0.3 is 5.97 Å². The third-order valence-corrected chi connectivity index (χ3v) is 16.7. The lowest BCUT2D eigenvalue weighted by Gasteiger charge is -2.20. The molecule has 0 aromatic rings. The Labute approximate surface area is 511 Å². The highest BCUT2D eigenvalue weighted by Crippen LogP contribution is 2.18. The van der Waals surface area contributed by atoms with E-state index in [1.807, 2.05) is 6.08 Å². The van der Waals surface area contributed by atoms with Crippen LogP contribution in [0.3, 0.4) is 0 Å². The first-order valence-corrected chi connectivity index (χ1v) is 36.6. The molecule has 6 nitrogen and oxygen atoms in total. The maximum Gasteiger partial charge on any atom is 0.305 e. The molecule has 82 heavy (non-hydrogen) atoms. The molecule has 0 fully saturated rings. The molecule has 0 heterocycles. The first-order valence-electron chi connectivity index (χ1n) is 36.6. The van der Waals surface area contributed by atoms with Crippen LogP contribution in [0, 0.1) is 0 Å². The second kappa shape index (κ2) is 71.0. The summed E-state index contributed by atoms with van der Waals surface area (Å²) in [6, 6.07) is -0.625. The zero-order valence-electron chi connectivity index (χ0n) is 55.0. The Hall–Kier alpha value is -2.44. The highest BCUT2D eigenvalue weighted by Gasteiger charge is 2.18. The summed E-state index contributed by atoms with van der Waals surface area (Å²) in [7, 11) is 0. The molecule has 0 spiro atoms. The van der Waals surface area contributed by atoms with E-state index >= 15 is 0 Å². The van der Waals surface area contributed by atoms with Gasteiger partial charge in [0.15, 0.2) is 0 Å². The van der Waals surface area contributed by atoms with Gasteiger partial charge in [-0.3, -0.25) is 9.59 Å². The van der Waals surface area contributed by atoms with Gasteiger partial charge in [-0.15, -0.1) is 0 Å². The predicted molar refractivity (Wildman–Crippen MR) is 361 cm³/mol. The largest absolute Gasteiger partial charge is 0.466 e. The summed E-state index contributed by atoms with van der Waals surface area (Å²) >= 11 is 0. The van der Waals surface area contributed by atoms with Gasteiger partial charge in [-0.1, -0.05) is 344 Å². The van der Waals surface area contributed by atoms with E-state index in [4.69, 9.17) is 4.74 Å². The maximum absolute atomic E-state index is 12.5. The van der Waals surface area contributed by atoms with Crippen LogP contribution in [0.4, 0.5) is 0 Å². The number of allylic oxidation sites excluding steroid dienone is 9. The van der Waals surface area contributed by atoms with Gasteiger partial charge in [-0.2, -0.15) is 0 Å². The SMILES string of the molecule is CCC/C=C\C/C=C\CCCCCCCC(=O)OCCCCCCCCCCCCCCCCC/C=C\C/C=C\CCCCCCCCCCCCCCCCCCCC(=O)NC(CO)C(O)/C=C/CCCCCCCCCCCCC. The van der Waals surface area contributed by atoms with Crippen molar-refractivity contribution in [1.82, 2.24) is 5.32 Å². The number of carbonyl (C=O) groups excluding carboxylic acids is 2. The van der Waals surface area contributed by atoms with Crippen LogP contribution in [0.5, 0.6) is 0 Å². The van der Waals surface area contributed by atoms with Gasteiger partial charge in [-0.05, 0) is 89.9 Å². The molecular weight excluding hydrogens is 1010 g/mol. The van der Waals surface area contributed by atoms with Crippen molar-refractivity contribution in [1.29, 1.82) is 0 Å². The minimum Gasteiger partial charge on any atom is -0.466 e. The lowest BCUT2D eigenvalue weighted by Crippen LogP contribution is -2.45. The molecule has 0 aromatic heterocycles. The quantitative estimate of drug-likeness (QED) is 0.0320. The molecule has 0 aromatic carbocycles. The van der Waals surface area contributed by atoms with Crippen LogP contribution in [0.2, 0.25) is 0 Å². The van der Waals surface area contributed by atoms with E-state index in [-0.39, 0.29) is 18.5 Å². The van der Waals surface area contributed by atoms with E-state index in [0.717, 1.165) is 57.8 Å². The average molecular weight is 1150 g/mol. The lowest BCUT2D eigenvalue weighted by molar-refractivity contribution is -0.143. The predicted octanol–water partition coefficient (Wildman–Crippen LogP) is 23.8. The molecule has 0 radical (unpaired) electrons. The summed E-state index contributed by atoms with van der Waals surface area (Å²) in [4.78, 5) is 24.5. The molecule has 480 valence electrons. The van der Waals surface area contributed by atoms with E-state index in [1.165, 1.54) is 302 Å². The normalized spacial score (nSPS) is 12.9. The fourth-order valence-electron chi connectivity index (χ4n) is 11.2. The number of ether oxygens (including phenoxy) is 1. The minimum absolute atomic E-state index is 0.00449. The average Bonchev–Trinajstić information content (AvgIpc) is 3.48. The second-order valence-corrected chi connectivity index (χ2v) is 24.9. The van der Waals surface area contributed by atoms with Crippen molar-refractivity contribution >= 4 is 11.9 Å². The number of esters is 1. The van der Waals surface area contributed by atoms with Crippen LogP contribution in [-0.4, -0.2) is 47.4 Å². The first-order chi connectivity index (χ1) is 40.5. The van der Waals surface area contributed by atoms with Crippen molar-refractivity contribution in [2.45, 2.75) is 398 Å². The van der Waals surface area contributed by atoms with Crippen LogP contribution in [0.15, 0.2) is 60.8 Å². The summed E-state index contributed by atoms with van der Waals surface area (Å²) in [5, 5.41) is 23.1. The number of rotatable bonds is 68. The van der Waals surface area contributed by atoms with Gasteiger partial charge in [0.2, 0.25) is 5.91 Å². The molecule has 0 rings (SSSR count). The van der Waals surface area contributed by atoms with E-state index in [9.17, 15) is 19.8 Å². The highest BCUT2D eigenvalue weighted by atomic mass is 16.5. The van der Waals surface area contributed by atoms with Crippen LogP contribution in [0.25, 0.3) is 0 Å². The number of amides is 1. The van der Waals surface area contributed by atoms with Crippen molar-refractivity contribution < 1.29 is 24.5 Å². The van der Waals surface area contributed by atoms with Crippen LogP contribution < -0.4 is 5.32 Å². The van der Waals surface area contributed by atoms with Gasteiger partial charge in [0.05, 0.1) is 25.4 Å². The Bertz CT molecular complexity index is 1420. The van der Waals surface area contributed by atoms with Gasteiger partial charge in [-0.25, -0.2) is 0 Å². The highest BCUT2D eigenvalue weighted by molar-refractivity contribution is 5.76. The molecule has 0 bridgehead atoms. The third-order valence-electron chi connectivity index (χ3n) is 16.7. The van der Waals surface area contributed by atoms with Gasteiger partial charge in [0.25, 0.3) is 0 Å². The number of hydrogen-bond donors (Lipinski definition) is 3. The summed E-state index contributed by atoms with van der Waals surface area (Å²) in [5.41, 5.74) is 0. The van der Waals surface area contributed by atoms with Gasteiger partial charge < -0.3 is 20.3 Å². The Morgan fingerprint density at radius 2 is 0.634 bits per heavy atom. The molecule has 0 saturated carbocycles. The number of unbranched alkanes of at least 4 members (excludes halogenated alkanes) is 49. The minimum atomic E-state index is -0.842. The monoisotopic (exact) mass is 1150 g/mol. The molecule has 0 aliphatic carbocycles. The number of nitrogens with one attached hydrogen (secondary N) is 1. The standard InChI is InChI=1S/C76H141NO5/c1-3-5-7-9-11-13-15-44-48-52-56-60-64-68-74(79)73(72-78)77-75(80)69-65-61-57-53-49-46-42-40-38-36-34-32-30-28-26-24-22-20-18-17-19-21-23-25-27-29-31-33-35-37-39-41-43-47-51-55-59-63-67-71-82-76(81)70-66-62-58-54-50-45-16-14-12-10-8-6-4-2/h8,10,14,16-18,21,23,64,68,73-74,78-79H,3-7,9,11-13,15,19-20,22,24-63,65-67,69-72H2,1-2H3,(H,77,80)/b10-8-,16-14-,18-17-,23-21-,68-64+. The summed E-state index contributed by atoms with van der Waals surface area (Å²) in [6.07, 6.45) is 94.7. The molecule has 0 saturated heterocycles. The summed E-state index contributed by atoms with van der Waals surface area (Å²) in [5.74, 6) is -0.0596. The molecule has 2 unspecified atom stereocenters. The lowest BCUT2D eigenvalue weighted by atomic mass is 10.0. The van der Waals surface area contributed by atoms with E-state index in [0.29, 0.717) is 19.4 Å². The van der Waals surface area contributed by atoms with Crippen molar-refractivity contribution in [3.63, 3.8) is 0 Å². The Morgan fingerprint density at radius 1 is 0.341 bits per heavy atom. The third kappa shape index (κ3) is 66.7. The summed E-state index contributed by atoms with van der Waals surface area (Å²) in [6.45, 7) is 4.85. The van der Waals surface area contributed by atoms with E-state index in [2.05, 4.69) is 67.8 Å². The molecule has 2 atom stereocenters. The molecule has 0 aliphatic rings. The van der Waals surface area contributed by atoms with Gasteiger partial charge in [0.1, 0.15) is 0 Å². The Balaban J connectivity index is 3.36. The topological polar surface area (TPSA) is 95.9 Å². The second-order valence-electron chi connectivity index (χ2n) is 24.9. The molecule has 0 aliphatic heterocycles. The fraction of sp³-hybridized carbons (Fsp3) is 0.842. The van der Waals surface area contributed by atoms with Crippen LogP contribution in [0.1, 0.15) is 386 Å². The van der Waals surface area contributed by atoms with Gasteiger partial charge in [0, 0.05) is 12.8 Å². The van der Waals surface area contributed by atoms with E-state index in [1.54, 1.807) is 6.08 Å². The maximum atomic E-state index is 12.5. The molecule has 6 heteroatoms. The smallest absolute Gasteiger partial charge is 0.305 e. The first kappa shape index (κ1) is 79.6. The molecular formula is C76H141NO5. The van der Waals surface area contributed by atoms with Crippen LogP contribution >= 0.6 is 0 Å². The number of hydrogen-bond acceptors (Lipinski definition) is 5. The number of aliphatic hydroxyl groups is 2. The molecule has 3 N–H and O–H groups in total. The van der Waals surface area contributed by atoms with E-state index < -0.39 is 12.1 Å². The summed E-state index contributed by atoms with van der Waals surface area (Å²) < 4.78 is 5.48.